The van der Waals surface area contributed by atoms with E-state index in [9.17, 15) is 4.79 Å². The molecule has 0 aromatic carbocycles. The number of nitrogens with two attached hydrogens (primary N) is 1. The molecule has 0 bridgehead atoms. The van der Waals surface area contributed by atoms with Crippen LogP contribution in [0.2, 0.25) is 0 Å². The molecule has 0 saturated heterocycles. The van der Waals surface area contributed by atoms with Crippen molar-refractivity contribution in [3.05, 3.63) is 0 Å². The van der Waals surface area contributed by atoms with Crippen LogP contribution in [0.1, 0.15) is 33.6 Å². The van der Waals surface area contributed by atoms with Crippen molar-refractivity contribution in [2.45, 2.75) is 33.6 Å². The van der Waals surface area contributed by atoms with Crippen molar-refractivity contribution in [2.24, 2.45) is 16.8 Å². The van der Waals surface area contributed by atoms with Gasteiger partial charge in [-0.05, 0) is 19.3 Å². The number of nitrogens with one attached hydrogen (secondary N) is 1. The average molecular weight is 171 g/mol. The van der Waals surface area contributed by atoms with Gasteiger partial charge in [-0.15, -0.1) is 0 Å². The Morgan fingerprint density at radius 1 is 1.67 bits per heavy atom. The van der Waals surface area contributed by atoms with Gasteiger partial charge in [-0.1, -0.05) is 20.3 Å². The summed E-state index contributed by atoms with van der Waals surface area (Å²) in [5, 5.41) is 3.80. The van der Waals surface area contributed by atoms with E-state index < -0.39 is 6.03 Å². The number of primary amides is 1. The number of nitrogens with zero attached hydrogens (tertiary/aromatic N) is 1. The third-order valence-electron chi connectivity index (χ3n) is 1.70. The molecule has 0 rings (SSSR count). The number of carbonyl (C=O) groups is 1. The van der Waals surface area contributed by atoms with Crippen LogP contribution in [-0.4, -0.2) is 11.7 Å². The summed E-state index contributed by atoms with van der Waals surface area (Å²) in [6, 6.07) is -0.612. The van der Waals surface area contributed by atoms with Crippen LogP contribution < -0.4 is 11.2 Å². The van der Waals surface area contributed by atoms with Crippen molar-refractivity contribution >= 4 is 11.7 Å². The Hall–Kier alpha value is -1.06. The molecule has 0 spiro atoms. The fourth-order valence-electron chi connectivity index (χ4n) is 0.845. The summed E-state index contributed by atoms with van der Waals surface area (Å²) in [5.74, 6) is 0.600. The number of rotatable bonds is 4. The van der Waals surface area contributed by atoms with Gasteiger partial charge in [0.05, 0.1) is 0 Å². The molecular formula is C8H17N3O. The van der Waals surface area contributed by atoms with E-state index in [1.165, 1.54) is 0 Å². The maximum atomic E-state index is 10.3. The van der Waals surface area contributed by atoms with Gasteiger partial charge in [0.15, 0.2) is 0 Å². The zero-order valence-electron chi connectivity index (χ0n) is 7.92. The van der Waals surface area contributed by atoms with E-state index in [4.69, 9.17) is 5.73 Å². The molecule has 70 valence electrons. The van der Waals surface area contributed by atoms with Gasteiger partial charge in [-0.3, -0.25) is 0 Å². The number of carbonyl (C=O) groups excluding carboxylic acids is 1. The highest BCUT2D eigenvalue weighted by atomic mass is 16.2. The summed E-state index contributed by atoms with van der Waals surface area (Å²) in [6.45, 7) is 6.14. The lowest BCUT2D eigenvalue weighted by molar-refractivity contribution is 0.249. The zero-order chi connectivity index (χ0) is 9.56. The quantitative estimate of drug-likeness (QED) is 0.488. The molecule has 0 radical (unpaired) electrons. The molecule has 0 aliphatic carbocycles. The van der Waals surface area contributed by atoms with Gasteiger partial charge in [0, 0.05) is 5.71 Å². The molecule has 4 heteroatoms. The summed E-state index contributed by atoms with van der Waals surface area (Å²) < 4.78 is 0. The normalized spacial score (nSPS) is 14.1. The molecule has 1 atom stereocenters. The Balaban J connectivity index is 3.77. The molecule has 0 aromatic rings. The lowest BCUT2D eigenvalue weighted by Crippen LogP contribution is -2.25. The maximum absolute atomic E-state index is 10.3. The Morgan fingerprint density at radius 3 is 2.67 bits per heavy atom. The topological polar surface area (TPSA) is 67.5 Å². The van der Waals surface area contributed by atoms with E-state index in [2.05, 4.69) is 24.4 Å². The van der Waals surface area contributed by atoms with Crippen LogP contribution in [0.4, 0.5) is 4.79 Å². The van der Waals surface area contributed by atoms with Crippen LogP contribution in [-0.2, 0) is 0 Å². The summed E-state index contributed by atoms with van der Waals surface area (Å²) in [5.41, 5.74) is 7.95. The minimum absolute atomic E-state index is 0.600. The fraction of sp³-hybridized carbons (Fsp3) is 0.750. The Kier molecular flexibility index (Phi) is 5.08. The summed E-state index contributed by atoms with van der Waals surface area (Å²) >= 11 is 0. The van der Waals surface area contributed by atoms with Crippen molar-refractivity contribution in [1.29, 1.82) is 0 Å². The Bertz CT molecular complexity index is 177. The molecule has 0 aliphatic rings. The molecule has 0 unspecified atom stereocenters. The number of amides is 2. The number of hydrogen-bond acceptors (Lipinski definition) is 2. The second kappa shape index (κ2) is 5.57. The SMILES string of the molecule is CC[C@@H](C)C/C(C)=N/NC(N)=O. The smallest absolute Gasteiger partial charge is 0.332 e. The van der Waals surface area contributed by atoms with Crippen molar-refractivity contribution in [3.8, 4) is 0 Å². The van der Waals surface area contributed by atoms with E-state index in [1.807, 2.05) is 6.92 Å². The van der Waals surface area contributed by atoms with Gasteiger partial charge in [0.1, 0.15) is 0 Å². The van der Waals surface area contributed by atoms with E-state index in [1.54, 1.807) is 0 Å². The van der Waals surface area contributed by atoms with Crippen LogP contribution in [0.5, 0.6) is 0 Å². The standard InChI is InChI=1S/C8H17N3O/c1-4-6(2)5-7(3)10-11-8(9)12/h6H,4-5H2,1-3H3,(H3,9,11,12)/b10-7+/t6-/m1/s1. The van der Waals surface area contributed by atoms with Crippen LogP contribution in [0.25, 0.3) is 0 Å². The van der Waals surface area contributed by atoms with Crippen molar-refractivity contribution < 1.29 is 4.79 Å². The molecule has 0 aliphatic heterocycles. The largest absolute Gasteiger partial charge is 0.350 e. The van der Waals surface area contributed by atoms with Crippen molar-refractivity contribution in [1.82, 2.24) is 5.43 Å². The third-order valence-corrected chi connectivity index (χ3v) is 1.70. The minimum Gasteiger partial charge on any atom is -0.350 e. The third kappa shape index (κ3) is 5.70. The van der Waals surface area contributed by atoms with E-state index >= 15 is 0 Å². The molecule has 0 heterocycles. The fourth-order valence-corrected chi connectivity index (χ4v) is 0.845. The van der Waals surface area contributed by atoms with Crippen molar-refractivity contribution in [2.75, 3.05) is 0 Å². The second-order valence-corrected chi connectivity index (χ2v) is 3.04. The van der Waals surface area contributed by atoms with Gasteiger partial charge in [0.2, 0.25) is 0 Å². The first-order valence-electron chi connectivity index (χ1n) is 4.14. The lowest BCUT2D eigenvalue weighted by atomic mass is 10.0. The molecule has 0 saturated carbocycles. The number of urea groups is 1. The summed E-state index contributed by atoms with van der Waals surface area (Å²) in [6.07, 6.45) is 2.01. The average Bonchev–Trinajstić information content (AvgIpc) is 2.00. The second-order valence-electron chi connectivity index (χ2n) is 3.04. The van der Waals surface area contributed by atoms with Crippen LogP contribution in [0, 0.1) is 5.92 Å². The molecule has 0 aromatic heterocycles. The highest BCUT2D eigenvalue weighted by Gasteiger charge is 2.00. The van der Waals surface area contributed by atoms with E-state index in [0.717, 1.165) is 18.6 Å². The van der Waals surface area contributed by atoms with Gasteiger partial charge in [-0.2, -0.15) is 5.10 Å². The predicted molar refractivity (Wildman–Crippen MR) is 49.9 cm³/mol. The van der Waals surface area contributed by atoms with Crippen LogP contribution in [0.15, 0.2) is 5.10 Å². The molecular weight excluding hydrogens is 154 g/mol. The number of hydrazone groups is 1. The highest BCUT2D eigenvalue weighted by molar-refractivity contribution is 5.83. The van der Waals surface area contributed by atoms with Crippen LogP contribution >= 0.6 is 0 Å². The lowest BCUT2D eigenvalue weighted by Gasteiger charge is -2.06. The van der Waals surface area contributed by atoms with Crippen LogP contribution in [0.3, 0.4) is 0 Å². The maximum Gasteiger partial charge on any atom is 0.332 e. The highest BCUT2D eigenvalue weighted by Crippen LogP contribution is 2.06. The van der Waals surface area contributed by atoms with Gasteiger partial charge >= 0.3 is 6.03 Å². The molecule has 4 nitrogen and oxygen atoms in total. The minimum atomic E-state index is -0.612. The zero-order valence-corrected chi connectivity index (χ0v) is 7.92. The molecule has 2 amide bonds. The summed E-state index contributed by atoms with van der Waals surface area (Å²) in [4.78, 5) is 10.3. The van der Waals surface area contributed by atoms with Gasteiger partial charge in [0.25, 0.3) is 0 Å². The van der Waals surface area contributed by atoms with E-state index in [0.29, 0.717) is 5.92 Å². The molecule has 0 fully saturated rings. The monoisotopic (exact) mass is 171 g/mol. The first-order chi connectivity index (χ1) is 5.56. The van der Waals surface area contributed by atoms with Crippen molar-refractivity contribution in [3.63, 3.8) is 0 Å². The Morgan fingerprint density at radius 2 is 2.25 bits per heavy atom. The molecule has 12 heavy (non-hydrogen) atoms. The van der Waals surface area contributed by atoms with E-state index in [-0.39, 0.29) is 0 Å². The first-order valence-corrected chi connectivity index (χ1v) is 4.14. The molecule has 3 N–H and O–H groups in total. The van der Waals surface area contributed by atoms with Gasteiger partial charge in [-0.25, -0.2) is 10.2 Å². The van der Waals surface area contributed by atoms with Gasteiger partial charge < -0.3 is 5.73 Å². The first kappa shape index (κ1) is 10.9. The Labute approximate surface area is 73.2 Å². The summed E-state index contributed by atoms with van der Waals surface area (Å²) in [7, 11) is 0. The number of hydrogen-bond donors (Lipinski definition) is 2. The predicted octanol–water partition coefficient (Wildman–Crippen LogP) is 1.47.